The first-order valence-corrected chi connectivity index (χ1v) is 6.74. The van der Waals surface area contributed by atoms with E-state index in [1.807, 2.05) is 0 Å². The van der Waals surface area contributed by atoms with Crippen LogP contribution in [0.25, 0.3) is 0 Å². The first-order chi connectivity index (χ1) is 9.74. The Bertz CT molecular complexity index is 487. The van der Waals surface area contributed by atoms with Crippen LogP contribution in [-0.4, -0.2) is 44.4 Å². The minimum Gasteiger partial charge on any atom is -0.385 e. The molecule has 1 atom stereocenters. The molecule has 0 bridgehead atoms. The summed E-state index contributed by atoms with van der Waals surface area (Å²) in [5, 5.41) is 9.10. The van der Waals surface area contributed by atoms with Crippen LogP contribution in [0.2, 0.25) is 0 Å². The van der Waals surface area contributed by atoms with Crippen LogP contribution in [0.5, 0.6) is 0 Å². The summed E-state index contributed by atoms with van der Waals surface area (Å²) in [4.78, 5) is 2.27. The summed E-state index contributed by atoms with van der Waals surface area (Å²) < 4.78 is 23.8. The van der Waals surface area contributed by atoms with Crippen LogP contribution in [0, 0.1) is 17.1 Å². The predicted octanol–water partition coefficient (Wildman–Crippen LogP) is 1.93. The summed E-state index contributed by atoms with van der Waals surface area (Å²) >= 11 is 0. The largest absolute Gasteiger partial charge is 0.385 e. The van der Waals surface area contributed by atoms with Crippen LogP contribution in [0.4, 0.5) is 4.39 Å². The van der Waals surface area contributed by atoms with E-state index in [1.165, 1.54) is 12.1 Å². The predicted molar refractivity (Wildman–Crippen MR) is 72.6 cm³/mol. The van der Waals surface area contributed by atoms with Gasteiger partial charge in [-0.15, -0.1) is 0 Å². The van der Waals surface area contributed by atoms with Crippen LogP contribution < -0.4 is 0 Å². The molecule has 0 amide bonds. The van der Waals surface area contributed by atoms with Crippen LogP contribution in [0.1, 0.15) is 17.5 Å². The summed E-state index contributed by atoms with van der Waals surface area (Å²) in [6, 6.07) is 6.73. The molecule has 2 rings (SSSR count). The van der Waals surface area contributed by atoms with Gasteiger partial charge >= 0.3 is 0 Å². The molecule has 1 aromatic rings. The number of halogens is 1. The third-order valence-corrected chi connectivity index (χ3v) is 3.57. The van der Waals surface area contributed by atoms with Gasteiger partial charge in [0.25, 0.3) is 0 Å². The van der Waals surface area contributed by atoms with Gasteiger partial charge in [0.05, 0.1) is 24.8 Å². The average molecular weight is 278 g/mol. The Kier molecular flexibility index (Phi) is 5.48. The van der Waals surface area contributed by atoms with E-state index in [0.717, 1.165) is 18.5 Å². The molecule has 1 saturated heterocycles. The van der Waals surface area contributed by atoms with Crippen LogP contribution in [0.15, 0.2) is 18.2 Å². The third-order valence-electron chi connectivity index (χ3n) is 3.57. The number of nitrogens with zero attached hydrogens (tertiary/aromatic N) is 2. The molecule has 0 aliphatic carbocycles. The summed E-state index contributed by atoms with van der Waals surface area (Å²) in [5.41, 5.74) is 1.26. The molecule has 0 spiro atoms. The maximum Gasteiger partial charge on any atom is 0.124 e. The van der Waals surface area contributed by atoms with E-state index in [-0.39, 0.29) is 11.9 Å². The molecule has 4 nitrogen and oxygen atoms in total. The van der Waals surface area contributed by atoms with E-state index in [2.05, 4.69) is 11.0 Å². The van der Waals surface area contributed by atoms with Crippen molar-refractivity contribution in [1.82, 2.24) is 4.90 Å². The average Bonchev–Trinajstić information content (AvgIpc) is 2.48. The van der Waals surface area contributed by atoms with Gasteiger partial charge in [0.15, 0.2) is 0 Å². The summed E-state index contributed by atoms with van der Waals surface area (Å²) in [6.45, 7) is 3.50. The molecule has 1 aromatic carbocycles. The van der Waals surface area contributed by atoms with Crippen molar-refractivity contribution in [3.05, 3.63) is 35.1 Å². The second kappa shape index (κ2) is 7.34. The van der Waals surface area contributed by atoms with Crippen LogP contribution >= 0.6 is 0 Å². The van der Waals surface area contributed by atoms with Crippen molar-refractivity contribution in [2.24, 2.45) is 0 Å². The van der Waals surface area contributed by atoms with E-state index in [1.54, 1.807) is 13.2 Å². The third kappa shape index (κ3) is 3.76. The van der Waals surface area contributed by atoms with Crippen LogP contribution in [0.3, 0.4) is 0 Å². The fourth-order valence-corrected chi connectivity index (χ4v) is 2.43. The molecule has 1 heterocycles. The Morgan fingerprint density at radius 2 is 2.40 bits per heavy atom. The quantitative estimate of drug-likeness (QED) is 0.825. The maximum atomic E-state index is 13.2. The number of rotatable bonds is 5. The highest BCUT2D eigenvalue weighted by molar-refractivity contribution is 5.37. The lowest BCUT2D eigenvalue weighted by molar-refractivity contribution is -0.0218. The lowest BCUT2D eigenvalue weighted by Crippen LogP contribution is -2.45. The molecule has 108 valence electrons. The van der Waals surface area contributed by atoms with E-state index in [4.69, 9.17) is 14.7 Å². The van der Waals surface area contributed by atoms with Crippen molar-refractivity contribution in [3.8, 4) is 6.07 Å². The fraction of sp³-hybridized carbons (Fsp3) is 0.533. The molecule has 0 saturated carbocycles. The highest BCUT2D eigenvalue weighted by atomic mass is 19.1. The lowest BCUT2D eigenvalue weighted by Gasteiger charge is -2.35. The summed E-state index contributed by atoms with van der Waals surface area (Å²) in [7, 11) is 1.68. The molecule has 0 aromatic heterocycles. The first-order valence-electron chi connectivity index (χ1n) is 6.74. The van der Waals surface area contributed by atoms with Gasteiger partial charge in [-0.3, -0.25) is 4.90 Å². The lowest BCUT2D eigenvalue weighted by atomic mass is 10.1. The van der Waals surface area contributed by atoms with Crippen molar-refractivity contribution in [2.45, 2.75) is 19.0 Å². The highest BCUT2D eigenvalue weighted by Gasteiger charge is 2.23. The second-order valence-electron chi connectivity index (χ2n) is 4.89. The molecule has 1 fully saturated rings. The van der Waals surface area contributed by atoms with Gasteiger partial charge in [0, 0.05) is 32.8 Å². The Hall–Kier alpha value is -1.48. The molecule has 5 heteroatoms. The minimum atomic E-state index is -0.372. The van der Waals surface area contributed by atoms with Gasteiger partial charge in [-0.05, 0) is 24.1 Å². The topological polar surface area (TPSA) is 45.5 Å². The van der Waals surface area contributed by atoms with Crippen molar-refractivity contribution in [1.29, 1.82) is 5.26 Å². The molecule has 1 unspecified atom stereocenters. The smallest absolute Gasteiger partial charge is 0.124 e. The summed E-state index contributed by atoms with van der Waals surface area (Å²) in [6.07, 6.45) is 0.888. The number of hydrogen-bond donors (Lipinski definition) is 0. The van der Waals surface area contributed by atoms with Crippen LogP contribution in [-0.2, 0) is 16.0 Å². The molecule has 20 heavy (non-hydrogen) atoms. The zero-order valence-electron chi connectivity index (χ0n) is 11.6. The van der Waals surface area contributed by atoms with Gasteiger partial charge in [-0.2, -0.15) is 5.26 Å². The zero-order valence-corrected chi connectivity index (χ0v) is 11.6. The molecule has 0 N–H and O–H groups in total. The monoisotopic (exact) mass is 278 g/mol. The van der Waals surface area contributed by atoms with E-state index >= 15 is 0 Å². The number of benzene rings is 1. The first kappa shape index (κ1) is 14.9. The molecule has 1 aliphatic rings. The highest BCUT2D eigenvalue weighted by Crippen LogP contribution is 2.18. The van der Waals surface area contributed by atoms with E-state index in [0.29, 0.717) is 31.9 Å². The van der Waals surface area contributed by atoms with Gasteiger partial charge in [-0.1, -0.05) is 6.07 Å². The normalized spacial score (nSPS) is 19.8. The fourth-order valence-electron chi connectivity index (χ4n) is 2.43. The van der Waals surface area contributed by atoms with E-state index < -0.39 is 0 Å². The van der Waals surface area contributed by atoms with Gasteiger partial charge in [-0.25, -0.2) is 4.39 Å². The number of hydrogen-bond acceptors (Lipinski definition) is 4. The summed E-state index contributed by atoms with van der Waals surface area (Å²) in [5.74, 6) is -0.372. The van der Waals surface area contributed by atoms with Gasteiger partial charge in [0.1, 0.15) is 5.82 Å². The molecular formula is C15H19FN2O2. The Balaban J connectivity index is 2.08. The molecule has 0 radical (unpaired) electrons. The molecule has 1 aliphatic heterocycles. The van der Waals surface area contributed by atoms with E-state index in [9.17, 15) is 4.39 Å². The zero-order chi connectivity index (χ0) is 14.4. The SMILES string of the molecule is COCCC1COCCN1Cc1ccc(F)cc1C#N. The Morgan fingerprint density at radius 3 is 3.15 bits per heavy atom. The van der Waals surface area contributed by atoms with Gasteiger partial charge in [0.2, 0.25) is 0 Å². The number of nitriles is 1. The van der Waals surface area contributed by atoms with Crippen molar-refractivity contribution in [3.63, 3.8) is 0 Å². The van der Waals surface area contributed by atoms with Gasteiger partial charge < -0.3 is 9.47 Å². The van der Waals surface area contributed by atoms with Crippen molar-refractivity contribution >= 4 is 0 Å². The minimum absolute atomic E-state index is 0.278. The maximum absolute atomic E-state index is 13.2. The Morgan fingerprint density at radius 1 is 1.55 bits per heavy atom. The number of methoxy groups -OCH3 is 1. The van der Waals surface area contributed by atoms with Crippen molar-refractivity contribution < 1.29 is 13.9 Å². The Labute approximate surface area is 118 Å². The number of ether oxygens (including phenoxy) is 2. The van der Waals surface area contributed by atoms with Crippen molar-refractivity contribution in [2.75, 3.05) is 33.5 Å². The standard InChI is InChI=1S/C15H19FN2O2/c1-19-6-4-15-11-20-7-5-18(15)10-12-2-3-14(16)8-13(12)9-17/h2-3,8,15H,4-7,10-11H2,1H3. The number of morpholine rings is 1. The second-order valence-corrected chi connectivity index (χ2v) is 4.89. The molecular weight excluding hydrogens is 259 g/mol.